The van der Waals surface area contributed by atoms with Crippen molar-refractivity contribution in [2.45, 2.75) is 51.7 Å². The maximum Gasteiger partial charge on any atom is 0.243 e. The highest BCUT2D eigenvalue weighted by atomic mass is 16.5. The van der Waals surface area contributed by atoms with E-state index in [0.717, 1.165) is 22.8 Å². The number of carbonyl (C=O) groups excluding carboxylic acids is 1. The van der Waals surface area contributed by atoms with Gasteiger partial charge in [-0.2, -0.15) is 0 Å². The first-order chi connectivity index (χ1) is 13.2. The van der Waals surface area contributed by atoms with E-state index >= 15 is 0 Å². The van der Waals surface area contributed by atoms with Gasteiger partial charge in [0.25, 0.3) is 0 Å². The first kappa shape index (κ1) is 20.1. The number of carbonyl (C=O) groups is 1. The number of aryl methyl sites for hydroxylation is 1. The summed E-state index contributed by atoms with van der Waals surface area (Å²) in [5.41, 5.74) is 2.51. The lowest BCUT2D eigenvalue weighted by molar-refractivity contribution is -0.125. The van der Waals surface area contributed by atoms with Crippen LogP contribution in [0.25, 0.3) is 0 Å². The van der Waals surface area contributed by atoms with Crippen molar-refractivity contribution in [1.29, 1.82) is 0 Å². The number of anilines is 1. The van der Waals surface area contributed by atoms with Crippen LogP contribution in [0.3, 0.4) is 0 Å². The second kappa shape index (κ2) is 7.75. The Kier molecular flexibility index (Phi) is 5.56. The Hall–Kier alpha value is -2.67. The van der Waals surface area contributed by atoms with Crippen molar-refractivity contribution in [1.82, 2.24) is 15.3 Å². The molecule has 0 spiro atoms. The van der Waals surface area contributed by atoms with E-state index in [1.54, 1.807) is 13.3 Å². The molecule has 3 rings (SSSR count). The number of nitrogens with zero attached hydrogens (tertiary/aromatic N) is 4. The summed E-state index contributed by atoms with van der Waals surface area (Å²) in [7, 11) is 3.55. The Balaban J connectivity index is 1.94. The minimum absolute atomic E-state index is 0.0389. The molecule has 1 aromatic heterocycles. The van der Waals surface area contributed by atoms with Crippen LogP contribution in [-0.4, -0.2) is 53.9 Å². The lowest BCUT2D eigenvalue weighted by Crippen LogP contribution is -2.52. The number of hydrazine groups is 1. The van der Waals surface area contributed by atoms with Crippen LogP contribution in [0.4, 0.5) is 5.69 Å². The molecule has 2 aliphatic rings. The Labute approximate surface area is 166 Å². The average Bonchev–Trinajstić information content (AvgIpc) is 2.98. The van der Waals surface area contributed by atoms with Gasteiger partial charge in [0, 0.05) is 18.3 Å². The topological polar surface area (TPSA) is 70.1 Å². The fourth-order valence-corrected chi connectivity index (χ4v) is 3.34. The van der Waals surface area contributed by atoms with E-state index in [2.05, 4.69) is 15.3 Å². The lowest BCUT2D eigenvalue weighted by atomic mass is 10.1. The number of amides is 1. The summed E-state index contributed by atoms with van der Waals surface area (Å²) in [6.07, 6.45) is 8.29. The van der Waals surface area contributed by atoms with Gasteiger partial charge in [0.05, 0.1) is 36.9 Å². The molecule has 7 heteroatoms. The van der Waals surface area contributed by atoms with Gasteiger partial charge in [0.1, 0.15) is 11.8 Å². The number of pyridine rings is 1. The lowest BCUT2D eigenvalue weighted by Gasteiger charge is -2.34. The van der Waals surface area contributed by atoms with E-state index in [-0.39, 0.29) is 17.5 Å². The molecular formula is C21H29N5O2. The monoisotopic (exact) mass is 383 g/mol. The zero-order valence-corrected chi connectivity index (χ0v) is 17.4. The number of ether oxygens (including phenoxy) is 1. The molecule has 0 fully saturated rings. The van der Waals surface area contributed by atoms with Gasteiger partial charge in [-0.1, -0.05) is 0 Å². The number of methoxy groups -OCH3 is 1. The van der Waals surface area contributed by atoms with E-state index in [1.165, 1.54) is 0 Å². The van der Waals surface area contributed by atoms with Gasteiger partial charge in [0.2, 0.25) is 5.91 Å². The number of aromatic nitrogens is 1. The molecule has 1 amide bonds. The van der Waals surface area contributed by atoms with Crippen LogP contribution >= 0.6 is 0 Å². The van der Waals surface area contributed by atoms with Crippen LogP contribution in [-0.2, 0) is 9.53 Å². The van der Waals surface area contributed by atoms with Crippen LogP contribution in [0, 0.1) is 6.92 Å². The molecule has 0 saturated heterocycles. The van der Waals surface area contributed by atoms with Crippen molar-refractivity contribution in [3.8, 4) is 0 Å². The van der Waals surface area contributed by atoms with Gasteiger partial charge in [-0.15, -0.1) is 0 Å². The van der Waals surface area contributed by atoms with Crippen molar-refractivity contribution in [2.75, 3.05) is 19.2 Å². The number of aliphatic imine (C=N–C) groups is 1. The Morgan fingerprint density at radius 1 is 1.32 bits per heavy atom. The van der Waals surface area contributed by atoms with Crippen molar-refractivity contribution < 1.29 is 9.53 Å². The average molecular weight is 383 g/mol. The van der Waals surface area contributed by atoms with Gasteiger partial charge in [-0.25, -0.2) is 5.01 Å². The standard InChI is InChI=1S/C21H29N5O2/c1-14-7-8-15(12-22-14)26-18(17-10-9-16(28-6)13-23-17)11-19(25(26)5)20(27)24-21(2,3)4/h7-9,11-13,17,19H,10H2,1-6H3,(H,24,27). The fourth-order valence-electron chi connectivity index (χ4n) is 3.34. The second-order valence-electron chi connectivity index (χ2n) is 8.16. The van der Waals surface area contributed by atoms with Gasteiger partial charge in [0.15, 0.2) is 0 Å². The molecule has 0 saturated carbocycles. The zero-order chi connectivity index (χ0) is 20.5. The summed E-state index contributed by atoms with van der Waals surface area (Å²) >= 11 is 0. The molecule has 0 aliphatic carbocycles. The van der Waals surface area contributed by atoms with Gasteiger partial charge >= 0.3 is 0 Å². The second-order valence-corrected chi connectivity index (χ2v) is 8.16. The Morgan fingerprint density at radius 2 is 2.07 bits per heavy atom. The van der Waals surface area contributed by atoms with E-state index in [9.17, 15) is 4.79 Å². The highest BCUT2D eigenvalue weighted by molar-refractivity contribution is 5.86. The smallest absolute Gasteiger partial charge is 0.243 e. The third-order valence-electron chi connectivity index (χ3n) is 4.70. The minimum Gasteiger partial charge on any atom is -0.495 e. The van der Waals surface area contributed by atoms with Crippen LogP contribution in [0.1, 0.15) is 32.9 Å². The first-order valence-corrected chi connectivity index (χ1v) is 9.46. The van der Waals surface area contributed by atoms with Gasteiger partial charge in [-0.3, -0.25) is 19.8 Å². The summed E-state index contributed by atoms with van der Waals surface area (Å²) in [5, 5.41) is 7.05. The van der Waals surface area contributed by atoms with Crippen LogP contribution in [0.2, 0.25) is 0 Å². The fraction of sp³-hybridized carbons (Fsp3) is 0.476. The number of allylic oxidation sites excluding steroid dienone is 1. The molecule has 3 heterocycles. The highest BCUT2D eigenvalue weighted by Crippen LogP contribution is 2.33. The molecule has 0 bridgehead atoms. The summed E-state index contributed by atoms with van der Waals surface area (Å²) < 4.78 is 5.26. The molecular weight excluding hydrogens is 354 g/mol. The zero-order valence-electron chi connectivity index (χ0n) is 17.4. The van der Waals surface area contributed by atoms with Crippen LogP contribution < -0.4 is 10.3 Å². The molecule has 1 aromatic rings. The normalized spacial score (nSPS) is 22.7. The predicted molar refractivity (Wildman–Crippen MR) is 111 cm³/mol. The number of dihydropyridines is 1. The molecule has 28 heavy (non-hydrogen) atoms. The molecule has 150 valence electrons. The number of nitrogens with one attached hydrogen (secondary N) is 1. The maximum atomic E-state index is 12.9. The van der Waals surface area contributed by atoms with Crippen LogP contribution in [0.15, 0.2) is 46.9 Å². The quantitative estimate of drug-likeness (QED) is 0.865. The Bertz CT molecular complexity index is 820. The molecule has 0 aromatic carbocycles. The van der Waals surface area contributed by atoms with Gasteiger partial charge < -0.3 is 10.1 Å². The Morgan fingerprint density at radius 3 is 2.61 bits per heavy atom. The van der Waals surface area contributed by atoms with Crippen molar-refractivity contribution in [3.05, 3.63) is 47.6 Å². The molecule has 2 unspecified atom stereocenters. The number of rotatable bonds is 4. The summed E-state index contributed by atoms with van der Waals surface area (Å²) in [4.78, 5) is 22.0. The van der Waals surface area contributed by atoms with E-state index < -0.39 is 6.04 Å². The van der Waals surface area contributed by atoms with Crippen molar-refractivity contribution in [3.63, 3.8) is 0 Å². The molecule has 2 atom stereocenters. The van der Waals surface area contributed by atoms with E-state index in [0.29, 0.717) is 6.42 Å². The predicted octanol–water partition coefficient (Wildman–Crippen LogP) is 2.60. The van der Waals surface area contributed by atoms with E-state index in [1.807, 2.05) is 75.2 Å². The molecule has 7 nitrogen and oxygen atoms in total. The SMILES string of the molecule is COC1=CCC(C2=CC(C(=O)NC(C)(C)C)N(C)N2c2ccc(C)nc2)N=C1. The highest BCUT2D eigenvalue weighted by Gasteiger charge is 2.39. The largest absolute Gasteiger partial charge is 0.495 e. The number of likely N-dealkylation sites (N-methyl/N-ethyl adjacent to an activating group) is 1. The minimum atomic E-state index is -0.418. The molecule has 2 aliphatic heterocycles. The maximum absolute atomic E-state index is 12.9. The van der Waals surface area contributed by atoms with Crippen LogP contribution in [0.5, 0.6) is 0 Å². The van der Waals surface area contributed by atoms with Crippen molar-refractivity contribution >= 4 is 17.8 Å². The van der Waals surface area contributed by atoms with E-state index in [4.69, 9.17) is 4.74 Å². The number of hydrogen-bond donors (Lipinski definition) is 1. The first-order valence-electron chi connectivity index (χ1n) is 9.46. The van der Waals surface area contributed by atoms with Gasteiger partial charge in [-0.05, 0) is 58.4 Å². The molecule has 0 radical (unpaired) electrons. The summed E-state index contributed by atoms with van der Waals surface area (Å²) in [5.74, 6) is 0.719. The van der Waals surface area contributed by atoms with Crippen molar-refractivity contribution in [2.24, 2.45) is 4.99 Å². The third-order valence-corrected chi connectivity index (χ3v) is 4.70. The number of hydrogen-bond acceptors (Lipinski definition) is 6. The summed E-state index contributed by atoms with van der Waals surface area (Å²) in [6, 6.07) is 3.48. The molecule has 1 N–H and O–H groups in total. The third kappa shape index (κ3) is 4.25. The summed E-state index contributed by atoms with van der Waals surface area (Å²) in [6.45, 7) is 7.90.